The van der Waals surface area contributed by atoms with Gasteiger partial charge in [-0.25, -0.2) is 13.9 Å². The van der Waals surface area contributed by atoms with Crippen molar-refractivity contribution in [2.75, 3.05) is 11.4 Å². The first-order valence-electron chi connectivity index (χ1n) is 10.9. The highest BCUT2D eigenvalue weighted by Gasteiger charge is 2.35. The lowest BCUT2D eigenvalue weighted by Crippen LogP contribution is -2.40. The second-order valence-electron chi connectivity index (χ2n) is 8.32. The smallest absolute Gasteiger partial charge is 0.263 e. The molecule has 2 atom stereocenters. The van der Waals surface area contributed by atoms with Gasteiger partial charge in [0.1, 0.15) is 17.2 Å². The Kier molecular flexibility index (Phi) is 5.45. The lowest BCUT2D eigenvalue weighted by atomic mass is 10.0. The largest absolute Gasteiger partial charge is 0.347 e. The van der Waals surface area contributed by atoms with E-state index in [0.717, 1.165) is 11.3 Å². The normalized spacial score (nSPS) is 17.8. The van der Waals surface area contributed by atoms with Crippen molar-refractivity contribution in [2.45, 2.75) is 18.5 Å². The maximum Gasteiger partial charge on any atom is 0.263 e. The number of imidazole rings is 1. The first-order valence-corrected chi connectivity index (χ1v) is 10.9. The Hall–Kier alpha value is -4.27. The third-order valence-electron chi connectivity index (χ3n) is 6.12. The fourth-order valence-corrected chi connectivity index (χ4v) is 4.43. The summed E-state index contributed by atoms with van der Waals surface area (Å²) in [4.78, 5) is 31.6. The van der Waals surface area contributed by atoms with Gasteiger partial charge in [0.25, 0.3) is 11.5 Å². The van der Waals surface area contributed by atoms with E-state index >= 15 is 0 Å². The van der Waals surface area contributed by atoms with Crippen molar-refractivity contribution in [3.8, 4) is 0 Å². The third kappa shape index (κ3) is 3.85. The van der Waals surface area contributed by atoms with E-state index in [4.69, 9.17) is 5.10 Å². The van der Waals surface area contributed by atoms with Gasteiger partial charge in [-0.3, -0.25) is 9.59 Å². The summed E-state index contributed by atoms with van der Waals surface area (Å²) in [5.74, 6) is -0.0991. The summed E-state index contributed by atoms with van der Waals surface area (Å²) in [7, 11) is 1.60. The zero-order chi connectivity index (χ0) is 23.8. The number of halogens is 1. The highest BCUT2D eigenvalue weighted by atomic mass is 19.1. The van der Waals surface area contributed by atoms with E-state index in [1.165, 1.54) is 22.8 Å². The molecule has 1 aliphatic heterocycles. The van der Waals surface area contributed by atoms with E-state index in [1.54, 1.807) is 42.2 Å². The van der Waals surface area contributed by atoms with Crippen LogP contribution in [0.1, 0.15) is 34.1 Å². The number of hydrogen-bond acceptors (Lipinski definition) is 5. The molecule has 34 heavy (non-hydrogen) atoms. The number of pyridine rings is 1. The van der Waals surface area contributed by atoms with E-state index in [2.05, 4.69) is 16.9 Å². The van der Waals surface area contributed by atoms with E-state index in [9.17, 15) is 14.0 Å². The number of anilines is 1. The molecule has 4 aromatic rings. The molecule has 3 aromatic heterocycles. The van der Waals surface area contributed by atoms with Crippen LogP contribution in [0.4, 0.5) is 10.2 Å². The van der Waals surface area contributed by atoms with E-state index in [0.29, 0.717) is 24.4 Å². The van der Waals surface area contributed by atoms with Gasteiger partial charge in [-0.05, 0) is 54.5 Å². The molecule has 1 fully saturated rings. The van der Waals surface area contributed by atoms with Gasteiger partial charge in [0.2, 0.25) is 0 Å². The van der Waals surface area contributed by atoms with Crippen molar-refractivity contribution in [3.63, 3.8) is 0 Å². The van der Waals surface area contributed by atoms with Crippen LogP contribution in [0, 0.1) is 5.82 Å². The van der Waals surface area contributed by atoms with Crippen LogP contribution in [0.3, 0.4) is 0 Å². The molecule has 0 saturated carbocycles. The van der Waals surface area contributed by atoms with Crippen molar-refractivity contribution in [1.29, 1.82) is 0 Å². The first-order chi connectivity index (χ1) is 16.4. The molecule has 0 spiro atoms. The molecule has 0 aliphatic carbocycles. The lowest BCUT2D eigenvalue weighted by Gasteiger charge is -2.26. The molecular formula is C25H23FN6O2. The Morgan fingerprint density at radius 3 is 2.88 bits per heavy atom. The maximum absolute atomic E-state index is 14.1. The standard InChI is InChI=1S/C25H23FN6O2/c1-3-19-14-27-22-9-10-23(29-32(19)22)31-15-18(13-21(31)16-6-4-7-17(26)12-16)28-24(33)20-8-5-11-30(2)25(20)34/h3-12,14,18,21H,1,13,15H2,2H3,(H,28,33)/t18-,21+/m0/s1. The number of aryl methyl sites for hydroxylation is 1. The number of carbonyl (C=O) groups is 1. The van der Waals surface area contributed by atoms with Gasteiger partial charge in [0.05, 0.1) is 17.9 Å². The summed E-state index contributed by atoms with van der Waals surface area (Å²) in [6.07, 6.45) is 5.50. The van der Waals surface area contributed by atoms with Crippen molar-refractivity contribution < 1.29 is 9.18 Å². The van der Waals surface area contributed by atoms with Crippen LogP contribution in [0.15, 0.2) is 72.3 Å². The Balaban J connectivity index is 1.49. The molecule has 0 unspecified atom stereocenters. The van der Waals surface area contributed by atoms with E-state index < -0.39 is 5.91 Å². The summed E-state index contributed by atoms with van der Waals surface area (Å²) in [6, 6.07) is 12.8. The number of hydrogen-bond donors (Lipinski definition) is 1. The number of rotatable bonds is 5. The van der Waals surface area contributed by atoms with Gasteiger partial charge >= 0.3 is 0 Å². The van der Waals surface area contributed by atoms with Gasteiger partial charge in [0, 0.05) is 25.8 Å². The van der Waals surface area contributed by atoms with Crippen molar-refractivity contribution in [2.24, 2.45) is 7.05 Å². The van der Waals surface area contributed by atoms with Crippen LogP contribution in [0.25, 0.3) is 11.7 Å². The maximum atomic E-state index is 14.1. The average Bonchev–Trinajstić information content (AvgIpc) is 3.44. The quantitative estimate of drug-likeness (QED) is 0.497. The fourth-order valence-electron chi connectivity index (χ4n) is 4.43. The third-order valence-corrected chi connectivity index (χ3v) is 6.12. The lowest BCUT2D eigenvalue weighted by molar-refractivity contribution is 0.0937. The molecule has 1 aliphatic rings. The summed E-state index contributed by atoms with van der Waals surface area (Å²) < 4.78 is 17.1. The molecule has 1 aromatic carbocycles. The van der Waals surface area contributed by atoms with Crippen molar-refractivity contribution in [1.82, 2.24) is 24.5 Å². The summed E-state index contributed by atoms with van der Waals surface area (Å²) >= 11 is 0. The number of nitrogens with zero attached hydrogens (tertiary/aromatic N) is 5. The SMILES string of the molecule is C=Cc1cnc2ccc(N3C[C@@H](NC(=O)c4cccn(C)c4=O)C[C@@H]3c3cccc(F)c3)nn12. The molecule has 9 heteroatoms. The van der Waals surface area contributed by atoms with Crippen LogP contribution >= 0.6 is 0 Å². The van der Waals surface area contributed by atoms with Gasteiger partial charge < -0.3 is 14.8 Å². The van der Waals surface area contributed by atoms with E-state index in [1.807, 2.05) is 23.1 Å². The van der Waals surface area contributed by atoms with Crippen LogP contribution in [-0.4, -0.2) is 37.7 Å². The minimum Gasteiger partial charge on any atom is -0.347 e. The summed E-state index contributed by atoms with van der Waals surface area (Å²) in [6.45, 7) is 4.25. The van der Waals surface area contributed by atoms with E-state index in [-0.39, 0.29) is 29.0 Å². The van der Waals surface area contributed by atoms with Crippen LogP contribution < -0.4 is 15.8 Å². The number of carbonyl (C=O) groups excluding carboxylic acids is 1. The highest BCUT2D eigenvalue weighted by Crippen LogP contribution is 2.36. The van der Waals surface area contributed by atoms with Gasteiger partial charge in [-0.2, -0.15) is 0 Å². The number of benzene rings is 1. The Morgan fingerprint density at radius 1 is 1.24 bits per heavy atom. The second kappa shape index (κ2) is 8.58. The van der Waals surface area contributed by atoms with Crippen molar-refractivity contribution in [3.05, 3.63) is 100 Å². The average molecular weight is 458 g/mol. The van der Waals surface area contributed by atoms with Gasteiger partial charge in [-0.1, -0.05) is 18.7 Å². The zero-order valence-corrected chi connectivity index (χ0v) is 18.6. The molecule has 4 heterocycles. The molecule has 172 valence electrons. The van der Waals surface area contributed by atoms with Gasteiger partial charge in [-0.15, -0.1) is 5.10 Å². The fraction of sp³-hybridized carbons (Fsp3) is 0.200. The Morgan fingerprint density at radius 2 is 2.09 bits per heavy atom. The molecular weight excluding hydrogens is 435 g/mol. The number of amides is 1. The molecule has 0 bridgehead atoms. The Bertz CT molecular complexity index is 1460. The second-order valence-corrected chi connectivity index (χ2v) is 8.32. The molecule has 8 nitrogen and oxygen atoms in total. The molecule has 5 rings (SSSR count). The minimum atomic E-state index is -0.432. The molecule has 0 radical (unpaired) electrons. The highest BCUT2D eigenvalue weighted by molar-refractivity contribution is 5.94. The monoisotopic (exact) mass is 458 g/mol. The number of fused-ring (bicyclic) bond motifs is 1. The van der Waals surface area contributed by atoms with Crippen LogP contribution in [-0.2, 0) is 7.05 Å². The molecule has 1 N–H and O–H groups in total. The van der Waals surface area contributed by atoms with Gasteiger partial charge in [0.15, 0.2) is 5.65 Å². The number of nitrogens with one attached hydrogen (secondary N) is 1. The topological polar surface area (TPSA) is 84.5 Å². The Labute approximate surface area is 195 Å². The van der Waals surface area contributed by atoms with Crippen LogP contribution in [0.5, 0.6) is 0 Å². The molecule has 1 saturated heterocycles. The predicted molar refractivity (Wildman–Crippen MR) is 127 cm³/mol. The molecule has 1 amide bonds. The van der Waals surface area contributed by atoms with Crippen molar-refractivity contribution >= 4 is 23.4 Å². The minimum absolute atomic E-state index is 0.0827. The summed E-state index contributed by atoms with van der Waals surface area (Å²) in [5.41, 5.74) is 1.94. The summed E-state index contributed by atoms with van der Waals surface area (Å²) in [5, 5.41) is 7.71. The van der Waals surface area contributed by atoms with Crippen LogP contribution in [0.2, 0.25) is 0 Å². The first kappa shape index (κ1) is 21.6. The predicted octanol–water partition coefficient (Wildman–Crippen LogP) is 2.96. The zero-order valence-electron chi connectivity index (χ0n) is 18.6. The number of aromatic nitrogens is 4.